The van der Waals surface area contributed by atoms with Crippen LogP contribution in [0, 0.1) is 0 Å². The lowest BCUT2D eigenvalue weighted by Crippen LogP contribution is -2.54. The predicted molar refractivity (Wildman–Crippen MR) is 159 cm³/mol. The Morgan fingerprint density at radius 3 is 2.28 bits per heavy atom. The lowest BCUT2D eigenvalue weighted by atomic mass is 10.0. The molecule has 6 rings (SSSR count). The minimum absolute atomic E-state index is 0.0578. The number of nitrogens with one attached hydrogen (secondary N) is 2. The van der Waals surface area contributed by atoms with Crippen molar-refractivity contribution in [1.29, 1.82) is 0 Å². The van der Waals surface area contributed by atoms with Crippen LogP contribution in [0.1, 0.15) is 12.1 Å². The molecule has 3 aromatic rings. The highest BCUT2D eigenvalue weighted by atomic mass is 15.4. The van der Waals surface area contributed by atoms with E-state index in [1.165, 1.54) is 0 Å². The number of pyridine rings is 3. The van der Waals surface area contributed by atoms with Gasteiger partial charge in [0.2, 0.25) is 0 Å². The molecule has 0 radical (unpaired) electrons. The first-order valence-corrected chi connectivity index (χ1v) is 13.5. The molecule has 0 amide bonds. The maximum Gasteiger partial charge on any atom is 0.158 e. The van der Waals surface area contributed by atoms with Crippen molar-refractivity contribution in [2.45, 2.75) is 25.2 Å². The average molecular weight is 525 g/mol. The van der Waals surface area contributed by atoms with E-state index in [-0.39, 0.29) is 12.2 Å². The van der Waals surface area contributed by atoms with E-state index in [2.05, 4.69) is 97.8 Å². The van der Waals surface area contributed by atoms with E-state index in [1.54, 1.807) is 0 Å². The smallest absolute Gasteiger partial charge is 0.158 e. The third kappa shape index (κ3) is 4.70. The van der Waals surface area contributed by atoms with Crippen LogP contribution in [0.2, 0.25) is 0 Å². The molecule has 0 bridgehead atoms. The molecule has 0 spiro atoms. The van der Waals surface area contributed by atoms with E-state index in [1.807, 2.05) is 31.6 Å². The summed E-state index contributed by atoms with van der Waals surface area (Å²) in [7, 11) is 8.29. The monoisotopic (exact) mass is 524 g/mol. The third-order valence-corrected chi connectivity index (χ3v) is 7.77. The van der Waals surface area contributed by atoms with E-state index in [0.717, 1.165) is 78.5 Å². The van der Waals surface area contributed by atoms with Crippen molar-refractivity contribution in [2.75, 3.05) is 67.4 Å². The predicted octanol–water partition coefficient (Wildman–Crippen LogP) is 3.08. The van der Waals surface area contributed by atoms with Gasteiger partial charge in [-0.25, -0.2) is 15.0 Å². The van der Waals surface area contributed by atoms with Gasteiger partial charge in [0.25, 0.3) is 0 Å². The van der Waals surface area contributed by atoms with Crippen molar-refractivity contribution in [3.63, 3.8) is 0 Å². The van der Waals surface area contributed by atoms with Gasteiger partial charge in [-0.15, -0.1) is 0 Å². The summed E-state index contributed by atoms with van der Waals surface area (Å²) < 4.78 is 0. The van der Waals surface area contributed by atoms with E-state index < -0.39 is 0 Å². The molecule has 3 aliphatic rings. The number of aromatic nitrogens is 3. The molecule has 6 heterocycles. The number of nitrogens with zero attached hydrogens (tertiary/aromatic N) is 8. The van der Waals surface area contributed by atoms with E-state index in [0.29, 0.717) is 0 Å². The molecule has 2 N–H and O–H groups in total. The number of hydrogen-bond donors (Lipinski definition) is 2. The molecule has 3 aromatic heterocycles. The van der Waals surface area contributed by atoms with Crippen LogP contribution in [0.5, 0.6) is 0 Å². The van der Waals surface area contributed by atoms with Crippen LogP contribution in [0.4, 0.5) is 34.5 Å². The van der Waals surface area contributed by atoms with Gasteiger partial charge in [0.1, 0.15) is 6.17 Å². The zero-order chi connectivity index (χ0) is 26.9. The van der Waals surface area contributed by atoms with Crippen LogP contribution in [-0.4, -0.2) is 80.7 Å². The van der Waals surface area contributed by atoms with Crippen molar-refractivity contribution >= 4 is 40.2 Å². The van der Waals surface area contributed by atoms with Crippen molar-refractivity contribution in [3.8, 4) is 0 Å². The molecule has 0 fully saturated rings. The van der Waals surface area contributed by atoms with Crippen molar-refractivity contribution in [2.24, 2.45) is 4.99 Å². The number of aliphatic imine (C=N–C) groups is 1. The highest BCUT2D eigenvalue weighted by Crippen LogP contribution is 2.43. The molecule has 10 nitrogen and oxygen atoms in total. The topological polar surface area (TPSA) is 88.0 Å². The van der Waals surface area contributed by atoms with Gasteiger partial charge in [-0.3, -0.25) is 4.99 Å². The Kier molecular flexibility index (Phi) is 6.88. The van der Waals surface area contributed by atoms with E-state index in [9.17, 15) is 0 Å². The fourth-order valence-corrected chi connectivity index (χ4v) is 5.56. The molecule has 202 valence electrons. The van der Waals surface area contributed by atoms with Crippen molar-refractivity contribution in [3.05, 3.63) is 66.6 Å². The van der Waals surface area contributed by atoms with Gasteiger partial charge in [0, 0.05) is 53.7 Å². The maximum atomic E-state index is 5.06. The summed E-state index contributed by atoms with van der Waals surface area (Å²) in [5.74, 6) is 2.86. The Morgan fingerprint density at radius 2 is 1.46 bits per heavy atom. The number of rotatable bonds is 8. The highest BCUT2D eigenvalue weighted by Gasteiger charge is 2.36. The van der Waals surface area contributed by atoms with E-state index in [4.69, 9.17) is 9.98 Å². The molecule has 39 heavy (non-hydrogen) atoms. The van der Waals surface area contributed by atoms with Gasteiger partial charge in [0.05, 0.1) is 34.5 Å². The summed E-state index contributed by atoms with van der Waals surface area (Å²) in [6.07, 6.45) is 9.15. The van der Waals surface area contributed by atoms with Gasteiger partial charge < -0.3 is 30.2 Å². The van der Waals surface area contributed by atoms with Crippen LogP contribution >= 0.6 is 0 Å². The molecule has 2 atom stereocenters. The largest absolute Gasteiger partial charge is 0.348 e. The molecule has 0 aromatic carbocycles. The minimum atomic E-state index is 0.0578. The molecule has 3 aliphatic heterocycles. The Balaban J connectivity index is 0.963. The third-order valence-electron chi connectivity index (χ3n) is 7.77. The molecule has 0 saturated heterocycles. The molecular formula is C29H36N10. The van der Waals surface area contributed by atoms with Crippen LogP contribution in [0.25, 0.3) is 0 Å². The van der Waals surface area contributed by atoms with E-state index >= 15 is 0 Å². The van der Waals surface area contributed by atoms with Crippen LogP contribution < -0.4 is 30.2 Å². The number of dihydropyridines is 1. The quantitative estimate of drug-likeness (QED) is 0.432. The maximum absolute atomic E-state index is 5.06. The summed E-state index contributed by atoms with van der Waals surface area (Å²) in [4.78, 5) is 27.8. The second-order valence-electron chi connectivity index (χ2n) is 10.3. The zero-order valence-electron chi connectivity index (χ0n) is 23.0. The van der Waals surface area contributed by atoms with Crippen molar-refractivity contribution in [1.82, 2.24) is 25.6 Å². The average Bonchev–Trinajstić information content (AvgIpc) is 2.98. The molecular weight excluding hydrogens is 488 g/mol. The minimum Gasteiger partial charge on any atom is -0.348 e. The Labute approximate surface area is 230 Å². The lowest BCUT2D eigenvalue weighted by Gasteiger charge is -2.45. The van der Waals surface area contributed by atoms with Gasteiger partial charge in [-0.2, -0.15) is 0 Å². The summed E-state index contributed by atoms with van der Waals surface area (Å²) in [6, 6.07) is 12.6. The van der Waals surface area contributed by atoms with Gasteiger partial charge in [0.15, 0.2) is 17.5 Å². The highest BCUT2D eigenvalue weighted by molar-refractivity contribution is 5.98. The first kappa shape index (κ1) is 25.3. The number of hydrogen-bond acceptors (Lipinski definition) is 10. The Hall–Kier alpha value is -4.02. The lowest BCUT2D eigenvalue weighted by molar-refractivity contribution is 0.537. The Morgan fingerprint density at radius 1 is 0.744 bits per heavy atom. The van der Waals surface area contributed by atoms with Gasteiger partial charge >= 0.3 is 0 Å². The number of fused-ring (bicyclic) bond motifs is 4. The second-order valence-corrected chi connectivity index (χ2v) is 10.3. The second kappa shape index (κ2) is 10.6. The fourth-order valence-electron chi connectivity index (χ4n) is 5.56. The standard InChI is InChI=1S/C29H36N10/c1-36-22-8-5-17-33-27(22)39(4)29-24(36)12-10-21(35-29)19-31-15-7-14-30-18-20-11-13-25-28(34-20)38(3)23-9-6-16-32-26(23)37(25)2/h5-6,8-13,16-17,25,28,30-31H,7,14-15,18-19H2,1-4H3. The first-order chi connectivity index (χ1) is 19.0. The zero-order valence-corrected chi connectivity index (χ0v) is 23.0. The van der Waals surface area contributed by atoms with Crippen LogP contribution in [0.3, 0.4) is 0 Å². The first-order valence-electron chi connectivity index (χ1n) is 13.5. The Bertz CT molecular complexity index is 1400. The van der Waals surface area contributed by atoms with Crippen LogP contribution in [-0.2, 0) is 6.54 Å². The molecule has 2 unspecified atom stereocenters. The van der Waals surface area contributed by atoms with Crippen LogP contribution in [0.15, 0.2) is 65.9 Å². The molecule has 10 heteroatoms. The molecule has 0 aliphatic carbocycles. The summed E-state index contributed by atoms with van der Waals surface area (Å²) >= 11 is 0. The van der Waals surface area contributed by atoms with Gasteiger partial charge in [-0.1, -0.05) is 6.08 Å². The fraction of sp³-hybridized carbons (Fsp3) is 0.379. The number of anilines is 6. The van der Waals surface area contributed by atoms with Crippen molar-refractivity contribution < 1.29 is 0 Å². The summed E-state index contributed by atoms with van der Waals surface area (Å²) in [5.41, 5.74) is 5.40. The summed E-state index contributed by atoms with van der Waals surface area (Å²) in [6.45, 7) is 3.33. The normalized spacial score (nSPS) is 19.3. The molecule has 0 saturated carbocycles. The number of likely N-dealkylation sites (N-methyl/N-ethyl adjacent to an activating group) is 2. The SMILES string of the molecule is CN1c2cccnc2N(C)c2nc(CNCCCNCC3=NC4C(C=C3)N(C)c3ncccc3N4C)ccc21. The summed E-state index contributed by atoms with van der Waals surface area (Å²) in [5, 5.41) is 7.09. The van der Waals surface area contributed by atoms with Gasteiger partial charge in [-0.05, 0) is 62.0 Å².